The maximum atomic E-state index is 13.2. The summed E-state index contributed by atoms with van der Waals surface area (Å²) in [5.41, 5.74) is -1.64. The molecule has 160 valence electrons. The van der Waals surface area contributed by atoms with Crippen LogP contribution in [0.5, 0.6) is 0 Å². The smallest absolute Gasteiger partial charge is 0.436 e. The third kappa shape index (κ3) is 4.31. The van der Waals surface area contributed by atoms with Crippen LogP contribution >= 0.6 is 11.6 Å². The number of halogens is 4. The van der Waals surface area contributed by atoms with Gasteiger partial charge in [0.15, 0.2) is 15.5 Å². The Kier molecular flexibility index (Phi) is 5.60. The van der Waals surface area contributed by atoms with Gasteiger partial charge in [0.05, 0.1) is 12.0 Å². The standard InChI is InChI=1S/C16H12ClF3N4O5S/c1-28-10(25)7-24-12(11(17)13(22-24)16(18,19)20)14-21-15(29-23-14)8-4-3-5-9(6-8)30(2,26)27/h3-6H,7H2,1-2H3. The van der Waals surface area contributed by atoms with Crippen LogP contribution in [0.1, 0.15) is 5.69 Å². The molecule has 0 radical (unpaired) electrons. The van der Waals surface area contributed by atoms with E-state index in [4.69, 9.17) is 16.1 Å². The minimum absolute atomic E-state index is 0.0205. The Morgan fingerprint density at radius 1 is 1.33 bits per heavy atom. The van der Waals surface area contributed by atoms with Gasteiger partial charge in [-0.1, -0.05) is 22.8 Å². The number of esters is 1. The van der Waals surface area contributed by atoms with E-state index in [0.29, 0.717) is 4.68 Å². The molecule has 0 aliphatic carbocycles. The first kappa shape index (κ1) is 21.8. The SMILES string of the molecule is COC(=O)Cn1nc(C(F)(F)F)c(Cl)c1-c1noc(-c2cccc(S(C)(=O)=O)c2)n1. The Hall–Kier alpha value is -2.93. The second kappa shape index (κ2) is 7.72. The fraction of sp³-hybridized carbons (Fsp3) is 0.250. The molecule has 0 spiro atoms. The van der Waals surface area contributed by atoms with Crippen LogP contribution in [0.4, 0.5) is 13.2 Å². The van der Waals surface area contributed by atoms with Crippen molar-refractivity contribution in [3.63, 3.8) is 0 Å². The van der Waals surface area contributed by atoms with E-state index < -0.39 is 44.9 Å². The molecular formula is C16H12ClF3N4O5S. The van der Waals surface area contributed by atoms with Gasteiger partial charge in [-0.05, 0) is 18.2 Å². The van der Waals surface area contributed by atoms with Crippen LogP contribution in [0.3, 0.4) is 0 Å². The lowest BCUT2D eigenvalue weighted by Crippen LogP contribution is -2.15. The number of hydrogen-bond donors (Lipinski definition) is 0. The number of benzene rings is 1. The second-order valence-electron chi connectivity index (χ2n) is 5.97. The molecule has 0 fully saturated rings. The highest BCUT2D eigenvalue weighted by molar-refractivity contribution is 7.90. The highest BCUT2D eigenvalue weighted by Crippen LogP contribution is 2.39. The van der Waals surface area contributed by atoms with Gasteiger partial charge >= 0.3 is 12.1 Å². The predicted molar refractivity (Wildman–Crippen MR) is 96.1 cm³/mol. The Morgan fingerprint density at radius 2 is 2.03 bits per heavy atom. The summed E-state index contributed by atoms with van der Waals surface area (Å²) in [5, 5.41) is 6.11. The van der Waals surface area contributed by atoms with E-state index >= 15 is 0 Å². The van der Waals surface area contributed by atoms with Crippen molar-refractivity contribution < 1.29 is 35.6 Å². The van der Waals surface area contributed by atoms with E-state index in [0.717, 1.165) is 13.4 Å². The van der Waals surface area contributed by atoms with E-state index in [1.807, 2.05) is 0 Å². The summed E-state index contributed by atoms with van der Waals surface area (Å²) in [6.07, 6.45) is -3.89. The van der Waals surface area contributed by atoms with Crippen molar-refractivity contribution in [1.29, 1.82) is 0 Å². The zero-order valence-electron chi connectivity index (χ0n) is 15.3. The summed E-state index contributed by atoms with van der Waals surface area (Å²) in [6, 6.07) is 5.53. The van der Waals surface area contributed by atoms with E-state index in [9.17, 15) is 26.4 Å². The van der Waals surface area contributed by atoms with E-state index in [2.05, 4.69) is 20.0 Å². The molecule has 1 aromatic carbocycles. The fourth-order valence-electron chi connectivity index (χ4n) is 2.43. The molecule has 0 amide bonds. The highest BCUT2D eigenvalue weighted by atomic mass is 35.5. The maximum Gasteiger partial charge on any atom is 0.436 e. The monoisotopic (exact) mass is 464 g/mol. The summed E-state index contributed by atoms with van der Waals surface area (Å²) in [4.78, 5) is 15.5. The average molecular weight is 465 g/mol. The predicted octanol–water partition coefficient (Wildman–Crippen LogP) is 2.85. The molecule has 0 aliphatic heterocycles. The van der Waals surface area contributed by atoms with Crippen LogP contribution in [0.2, 0.25) is 5.02 Å². The van der Waals surface area contributed by atoms with Crippen molar-refractivity contribution in [3.05, 3.63) is 35.0 Å². The molecule has 30 heavy (non-hydrogen) atoms. The van der Waals surface area contributed by atoms with Crippen LogP contribution in [-0.2, 0) is 32.1 Å². The van der Waals surface area contributed by atoms with Gasteiger partial charge in [0.1, 0.15) is 17.3 Å². The third-order valence-corrected chi connectivity index (χ3v) is 5.28. The first-order valence-corrected chi connectivity index (χ1v) is 10.2. The molecule has 0 atom stereocenters. The Balaban J connectivity index is 2.11. The van der Waals surface area contributed by atoms with Gasteiger partial charge in [0, 0.05) is 11.8 Å². The van der Waals surface area contributed by atoms with Crippen molar-refractivity contribution in [1.82, 2.24) is 19.9 Å². The molecule has 3 aromatic rings. The summed E-state index contributed by atoms with van der Waals surface area (Å²) in [5.74, 6) is -1.44. The maximum absolute atomic E-state index is 13.2. The zero-order valence-corrected chi connectivity index (χ0v) is 16.8. The molecule has 2 aromatic heterocycles. The van der Waals surface area contributed by atoms with Gasteiger partial charge in [-0.2, -0.15) is 23.3 Å². The van der Waals surface area contributed by atoms with Crippen molar-refractivity contribution in [2.24, 2.45) is 0 Å². The van der Waals surface area contributed by atoms with Crippen LogP contribution in [0.25, 0.3) is 23.0 Å². The summed E-state index contributed by atoms with van der Waals surface area (Å²) in [6.45, 7) is -0.685. The largest absolute Gasteiger partial charge is 0.468 e. The lowest BCUT2D eigenvalue weighted by atomic mass is 10.2. The number of alkyl halides is 3. The Bertz CT molecular complexity index is 1220. The van der Waals surface area contributed by atoms with Crippen LogP contribution < -0.4 is 0 Å². The Morgan fingerprint density at radius 3 is 2.63 bits per heavy atom. The third-order valence-electron chi connectivity index (χ3n) is 3.82. The van der Waals surface area contributed by atoms with Crippen molar-refractivity contribution in [2.45, 2.75) is 17.6 Å². The molecule has 0 bridgehead atoms. The molecule has 9 nitrogen and oxygen atoms in total. The lowest BCUT2D eigenvalue weighted by Gasteiger charge is -2.03. The number of hydrogen-bond acceptors (Lipinski definition) is 8. The van der Waals surface area contributed by atoms with Crippen molar-refractivity contribution in [2.75, 3.05) is 13.4 Å². The molecule has 0 aliphatic rings. The highest BCUT2D eigenvalue weighted by Gasteiger charge is 2.40. The van der Waals surface area contributed by atoms with Crippen LogP contribution in [-0.4, -0.2) is 47.7 Å². The first-order chi connectivity index (χ1) is 13.9. The summed E-state index contributed by atoms with van der Waals surface area (Å²) < 4.78 is 73.2. The average Bonchev–Trinajstić information content (AvgIpc) is 3.25. The van der Waals surface area contributed by atoms with E-state index in [-0.39, 0.29) is 22.2 Å². The molecule has 2 heterocycles. The number of methoxy groups -OCH3 is 1. The number of carbonyl (C=O) groups is 1. The molecule has 0 N–H and O–H groups in total. The molecule has 0 saturated heterocycles. The molecule has 0 saturated carbocycles. The second-order valence-corrected chi connectivity index (χ2v) is 8.36. The number of nitrogens with zero attached hydrogens (tertiary/aromatic N) is 4. The van der Waals surface area contributed by atoms with Crippen LogP contribution in [0.15, 0.2) is 33.7 Å². The van der Waals surface area contributed by atoms with Gasteiger partial charge < -0.3 is 9.26 Å². The lowest BCUT2D eigenvalue weighted by molar-refractivity contribution is -0.144. The topological polar surface area (TPSA) is 117 Å². The number of carbonyl (C=O) groups excluding carboxylic acids is 1. The van der Waals surface area contributed by atoms with Gasteiger partial charge in [-0.15, -0.1) is 0 Å². The number of rotatable bonds is 5. The molecule has 3 rings (SSSR count). The van der Waals surface area contributed by atoms with Gasteiger partial charge in [-0.3, -0.25) is 4.79 Å². The number of sulfone groups is 1. The number of ether oxygens (including phenoxy) is 1. The molecule has 14 heteroatoms. The molecule has 0 unspecified atom stereocenters. The van der Waals surface area contributed by atoms with Crippen molar-refractivity contribution >= 4 is 27.4 Å². The normalized spacial score (nSPS) is 12.2. The first-order valence-electron chi connectivity index (χ1n) is 7.96. The zero-order chi connectivity index (χ0) is 22.3. The van der Waals surface area contributed by atoms with E-state index in [1.54, 1.807) is 0 Å². The quantitative estimate of drug-likeness (QED) is 0.529. The fourth-order valence-corrected chi connectivity index (χ4v) is 3.43. The minimum atomic E-state index is -4.90. The Labute approximate surface area is 172 Å². The minimum Gasteiger partial charge on any atom is -0.468 e. The van der Waals surface area contributed by atoms with Crippen LogP contribution in [0, 0.1) is 0 Å². The van der Waals surface area contributed by atoms with Crippen molar-refractivity contribution in [3.8, 4) is 23.0 Å². The number of aromatic nitrogens is 4. The van der Waals surface area contributed by atoms with Gasteiger partial charge in [0.2, 0.25) is 5.82 Å². The van der Waals surface area contributed by atoms with Gasteiger partial charge in [-0.25, -0.2) is 13.1 Å². The summed E-state index contributed by atoms with van der Waals surface area (Å²) >= 11 is 5.86. The van der Waals surface area contributed by atoms with E-state index in [1.165, 1.54) is 24.3 Å². The van der Waals surface area contributed by atoms with Gasteiger partial charge in [0.25, 0.3) is 5.89 Å². The summed E-state index contributed by atoms with van der Waals surface area (Å²) in [7, 11) is -2.47. The molecular weight excluding hydrogens is 453 g/mol.